The van der Waals surface area contributed by atoms with Gasteiger partial charge in [0.2, 0.25) is 0 Å². The summed E-state index contributed by atoms with van der Waals surface area (Å²) in [6.45, 7) is 2.06. The maximum atomic E-state index is 5.89. The number of pyridine rings is 1. The highest BCUT2D eigenvalue weighted by molar-refractivity contribution is 6.29. The molecule has 0 aliphatic rings. The average molecular weight is 248 g/mol. The molecule has 1 aromatic carbocycles. The standard InChI is InChI=1S/C13H14ClN3/c1-9-4-2-3-5-11(9)13(17-15)10-6-7-16-12(14)8-10/h2-8,13,17H,15H2,1H3. The molecule has 0 radical (unpaired) electrons. The lowest BCUT2D eigenvalue weighted by Crippen LogP contribution is -2.29. The first-order valence-corrected chi connectivity index (χ1v) is 5.73. The fourth-order valence-electron chi connectivity index (χ4n) is 1.87. The van der Waals surface area contributed by atoms with E-state index < -0.39 is 0 Å². The van der Waals surface area contributed by atoms with Crippen LogP contribution in [0.2, 0.25) is 5.15 Å². The van der Waals surface area contributed by atoms with Gasteiger partial charge in [0.05, 0.1) is 6.04 Å². The molecule has 0 saturated carbocycles. The van der Waals surface area contributed by atoms with Crippen LogP contribution >= 0.6 is 11.6 Å². The van der Waals surface area contributed by atoms with Crippen LogP contribution in [-0.4, -0.2) is 4.98 Å². The molecule has 1 atom stereocenters. The Morgan fingerprint density at radius 2 is 2.06 bits per heavy atom. The number of aryl methyl sites for hydroxylation is 1. The van der Waals surface area contributed by atoms with Crippen molar-refractivity contribution in [3.05, 3.63) is 64.4 Å². The highest BCUT2D eigenvalue weighted by Gasteiger charge is 2.14. The lowest BCUT2D eigenvalue weighted by molar-refractivity contribution is 0.633. The van der Waals surface area contributed by atoms with Gasteiger partial charge in [-0.3, -0.25) is 5.84 Å². The van der Waals surface area contributed by atoms with Crippen molar-refractivity contribution in [2.75, 3.05) is 0 Å². The molecule has 1 unspecified atom stereocenters. The van der Waals surface area contributed by atoms with Crippen molar-refractivity contribution in [1.82, 2.24) is 10.4 Å². The van der Waals surface area contributed by atoms with Gasteiger partial charge in [-0.05, 0) is 35.7 Å². The summed E-state index contributed by atoms with van der Waals surface area (Å²) in [5, 5.41) is 0.469. The van der Waals surface area contributed by atoms with Crippen molar-refractivity contribution in [2.24, 2.45) is 5.84 Å². The number of hydrogen-bond donors (Lipinski definition) is 2. The van der Waals surface area contributed by atoms with E-state index in [-0.39, 0.29) is 6.04 Å². The van der Waals surface area contributed by atoms with E-state index in [1.807, 2.05) is 30.3 Å². The molecule has 88 valence electrons. The second-order valence-corrected chi connectivity index (χ2v) is 4.26. The van der Waals surface area contributed by atoms with Gasteiger partial charge in [-0.1, -0.05) is 35.9 Å². The summed E-state index contributed by atoms with van der Waals surface area (Å²) >= 11 is 5.89. The van der Waals surface area contributed by atoms with Crippen molar-refractivity contribution < 1.29 is 0 Å². The van der Waals surface area contributed by atoms with Gasteiger partial charge in [0.25, 0.3) is 0 Å². The van der Waals surface area contributed by atoms with Gasteiger partial charge in [-0.15, -0.1) is 0 Å². The van der Waals surface area contributed by atoms with Crippen LogP contribution in [0.1, 0.15) is 22.7 Å². The summed E-state index contributed by atoms with van der Waals surface area (Å²) in [4.78, 5) is 3.97. The van der Waals surface area contributed by atoms with E-state index in [9.17, 15) is 0 Å². The monoisotopic (exact) mass is 247 g/mol. The quantitative estimate of drug-likeness (QED) is 0.498. The summed E-state index contributed by atoms with van der Waals surface area (Å²) in [5.41, 5.74) is 6.14. The maximum absolute atomic E-state index is 5.89. The van der Waals surface area contributed by atoms with Crippen molar-refractivity contribution in [3.8, 4) is 0 Å². The van der Waals surface area contributed by atoms with Crippen LogP contribution < -0.4 is 11.3 Å². The van der Waals surface area contributed by atoms with Crippen molar-refractivity contribution >= 4 is 11.6 Å². The normalized spacial score (nSPS) is 12.4. The Morgan fingerprint density at radius 1 is 1.29 bits per heavy atom. The number of hydrogen-bond acceptors (Lipinski definition) is 3. The van der Waals surface area contributed by atoms with Crippen LogP contribution in [0.15, 0.2) is 42.6 Å². The van der Waals surface area contributed by atoms with Crippen LogP contribution in [0.5, 0.6) is 0 Å². The molecule has 0 spiro atoms. The van der Waals surface area contributed by atoms with Crippen LogP contribution in [0.3, 0.4) is 0 Å². The molecular formula is C13H14ClN3. The molecule has 3 N–H and O–H groups in total. The van der Waals surface area contributed by atoms with E-state index in [1.54, 1.807) is 6.20 Å². The number of benzene rings is 1. The predicted molar refractivity (Wildman–Crippen MR) is 69.6 cm³/mol. The summed E-state index contributed by atoms with van der Waals surface area (Å²) in [6.07, 6.45) is 1.68. The first kappa shape index (κ1) is 12.0. The van der Waals surface area contributed by atoms with Gasteiger partial charge in [0.15, 0.2) is 0 Å². The zero-order valence-corrected chi connectivity index (χ0v) is 10.3. The van der Waals surface area contributed by atoms with Gasteiger partial charge in [-0.25, -0.2) is 10.4 Å². The van der Waals surface area contributed by atoms with Crippen LogP contribution in [0.4, 0.5) is 0 Å². The Balaban J connectivity index is 2.44. The third-order valence-electron chi connectivity index (χ3n) is 2.75. The van der Waals surface area contributed by atoms with E-state index in [2.05, 4.69) is 23.4 Å². The lowest BCUT2D eigenvalue weighted by atomic mass is 9.96. The van der Waals surface area contributed by atoms with Gasteiger partial charge in [0, 0.05) is 6.20 Å². The smallest absolute Gasteiger partial charge is 0.129 e. The predicted octanol–water partition coefficient (Wildman–Crippen LogP) is 2.60. The minimum Gasteiger partial charge on any atom is -0.271 e. The average Bonchev–Trinajstić information content (AvgIpc) is 2.33. The summed E-state index contributed by atoms with van der Waals surface area (Å²) in [7, 11) is 0. The third kappa shape index (κ3) is 2.64. The second kappa shape index (κ2) is 5.27. The Kier molecular flexibility index (Phi) is 3.74. The molecule has 0 bridgehead atoms. The molecule has 0 fully saturated rings. The van der Waals surface area contributed by atoms with Crippen molar-refractivity contribution in [2.45, 2.75) is 13.0 Å². The van der Waals surface area contributed by atoms with Crippen LogP contribution in [-0.2, 0) is 0 Å². The lowest BCUT2D eigenvalue weighted by Gasteiger charge is -2.18. The number of nitrogens with one attached hydrogen (secondary N) is 1. The molecule has 17 heavy (non-hydrogen) atoms. The fraction of sp³-hybridized carbons (Fsp3) is 0.154. The Hall–Kier alpha value is -1.42. The van der Waals surface area contributed by atoms with Gasteiger partial charge in [-0.2, -0.15) is 0 Å². The zero-order chi connectivity index (χ0) is 12.3. The summed E-state index contributed by atoms with van der Waals surface area (Å²) < 4.78 is 0. The molecule has 3 nitrogen and oxygen atoms in total. The number of nitrogens with zero attached hydrogens (tertiary/aromatic N) is 1. The Bertz CT molecular complexity index is 514. The number of rotatable bonds is 3. The SMILES string of the molecule is Cc1ccccc1C(NN)c1ccnc(Cl)c1. The fourth-order valence-corrected chi connectivity index (χ4v) is 2.06. The zero-order valence-electron chi connectivity index (χ0n) is 9.52. The van der Waals surface area contributed by atoms with E-state index in [1.165, 1.54) is 5.56 Å². The molecule has 2 aromatic rings. The van der Waals surface area contributed by atoms with Gasteiger partial charge in [0.1, 0.15) is 5.15 Å². The summed E-state index contributed by atoms with van der Waals surface area (Å²) in [5.74, 6) is 5.64. The molecule has 0 aliphatic carbocycles. The molecule has 0 amide bonds. The Labute approximate surface area is 106 Å². The molecule has 2 rings (SSSR count). The first-order chi connectivity index (χ1) is 8.22. The topological polar surface area (TPSA) is 50.9 Å². The number of halogens is 1. The molecule has 0 saturated heterocycles. The third-order valence-corrected chi connectivity index (χ3v) is 2.96. The van der Waals surface area contributed by atoms with E-state index in [0.29, 0.717) is 5.15 Å². The van der Waals surface area contributed by atoms with E-state index >= 15 is 0 Å². The van der Waals surface area contributed by atoms with Gasteiger partial charge >= 0.3 is 0 Å². The number of aromatic nitrogens is 1. The van der Waals surface area contributed by atoms with E-state index in [0.717, 1.165) is 11.1 Å². The highest BCUT2D eigenvalue weighted by Crippen LogP contribution is 2.24. The molecule has 1 heterocycles. The number of nitrogens with two attached hydrogens (primary N) is 1. The first-order valence-electron chi connectivity index (χ1n) is 5.35. The van der Waals surface area contributed by atoms with Crippen LogP contribution in [0.25, 0.3) is 0 Å². The Morgan fingerprint density at radius 3 is 2.71 bits per heavy atom. The largest absolute Gasteiger partial charge is 0.271 e. The maximum Gasteiger partial charge on any atom is 0.129 e. The second-order valence-electron chi connectivity index (χ2n) is 3.87. The van der Waals surface area contributed by atoms with Crippen molar-refractivity contribution in [1.29, 1.82) is 0 Å². The van der Waals surface area contributed by atoms with Crippen LogP contribution in [0, 0.1) is 6.92 Å². The van der Waals surface area contributed by atoms with Crippen molar-refractivity contribution in [3.63, 3.8) is 0 Å². The molecular weight excluding hydrogens is 234 g/mol. The molecule has 0 aliphatic heterocycles. The molecule has 1 aromatic heterocycles. The molecule has 4 heteroatoms. The minimum absolute atomic E-state index is 0.0725. The number of hydrazine groups is 1. The highest BCUT2D eigenvalue weighted by atomic mass is 35.5. The van der Waals surface area contributed by atoms with Gasteiger partial charge < -0.3 is 0 Å². The van der Waals surface area contributed by atoms with E-state index in [4.69, 9.17) is 17.4 Å². The minimum atomic E-state index is -0.0725. The summed E-state index contributed by atoms with van der Waals surface area (Å²) in [6, 6.07) is 11.8.